The first-order valence-corrected chi connectivity index (χ1v) is 12.3. The molecule has 0 bridgehead atoms. The summed E-state index contributed by atoms with van der Waals surface area (Å²) in [5, 5.41) is 0. The fraction of sp³-hybridized carbons (Fsp3) is 0.143. The van der Waals surface area contributed by atoms with E-state index in [0.717, 1.165) is 5.56 Å². The molecule has 0 saturated heterocycles. The summed E-state index contributed by atoms with van der Waals surface area (Å²) in [4.78, 5) is 0. The van der Waals surface area contributed by atoms with Gasteiger partial charge in [0.25, 0.3) is 0 Å². The minimum absolute atomic E-state index is 0.308. The number of hydrogen-bond donors (Lipinski definition) is 0. The third-order valence-corrected chi connectivity index (χ3v) is 2.25. The summed E-state index contributed by atoms with van der Waals surface area (Å²) >= 11 is 4.25. The normalized spacial score (nSPS) is 9.39. The third kappa shape index (κ3) is 5.28. The van der Waals surface area contributed by atoms with Crippen molar-refractivity contribution in [2.24, 2.45) is 0 Å². The Morgan fingerprint density at radius 3 is 2.50 bits per heavy atom. The van der Waals surface area contributed by atoms with Gasteiger partial charge in [-0.25, -0.2) is 4.39 Å². The molecule has 4 heteroatoms. The zero-order valence-electron chi connectivity index (χ0n) is 10.1. The third-order valence-electron chi connectivity index (χ3n) is 2.25. The first kappa shape index (κ1) is 15.3. The summed E-state index contributed by atoms with van der Waals surface area (Å²) in [5.74, 6) is 0.123. The first-order chi connectivity index (χ1) is 8.74. The van der Waals surface area contributed by atoms with Crippen LogP contribution in [0.4, 0.5) is 4.39 Å². The zero-order chi connectivity index (χ0) is 13.4. The van der Waals surface area contributed by atoms with Crippen molar-refractivity contribution in [1.82, 2.24) is 0 Å². The predicted octanol–water partition coefficient (Wildman–Crippen LogP) is 4.36. The van der Waals surface area contributed by atoms with Crippen LogP contribution in [0.15, 0.2) is 42.5 Å². The standard InChI is InChI=1S/C14H12FO.BrH.Zn/c1-11-5-7-12(8-6-11)10-16-14-4-2-3-13(15)9-14;;/h2-3,5-9H,10H2,1H3;1H;/q-1;;+2/p-1. The molecule has 0 spiro atoms. The van der Waals surface area contributed by atoms with Gasteiger partial charge in [0.2, 0.25) is 0 Å². The number of hydrogen-bond acceptors (Lipinski definition) is 1. The van der Waals surface area contributed by atoms with Crippen LogP contribution >= 0.6 is 13.6 Å². The van der Waals surface area contributed by atoms with Crippen molar-refractivity contribution in [3.63, 3.8) is 0 Å². The molecule has 0 aliphatic heterocycles. The Balaban J connectivity index is 0.000000771. The fourth-order valence-electron chi connectivity index (χ4n) is 1.35. The predicted molar refractivity (Wildman–Crippen MR) is 69.7 cm³/mol. The molecule has 18 heavy (non-hydrogen) atoms. The maximum absolute atomic E-state index is 12.8. The van der Waals surface area contributed by atoms with Crippen molar-refractivity contribution in [1.29, 1.82) is 0 Å². The van der Waals surface area contributed by atoms with Crippen LogP contribution in [0, 0.1) is 18.8 Å². The number of aryl methyl sites for hydroxylation is 1. The average molecular weight is 361 g/mol. The molecule has 0 unspecified atom stereocenters. The van der Waals surface area contributed by atoms with E-state index in [2.05, 4.69) is 19.7 Å². The van der Waals surface area contributed by atoms with Crippen LogP contribution in [0.5, 0.6) is 5.75 Å². The summed E-state index contributed by atoms with van der Waals surface area (Å²) in [7, 11) is 0. The van der Waals surface area contributed by atoms with Gasteiger partial charge in [0.1, 0.15) is 6.61 Å². The van der Waals surface area contributed by atoms with Crippen LogP contribution in [0.2, 0.25) is 0 Å². The molecule has 0 fully saturated rings. The van der Waals surface area contributed by atoms with E-state index in [4.69, 9.17) is 4.74 Å². The van der Waals surface area contributed by atoms with E-state index in [1.165, 1.54) is 40.1 Å². The van der Waals surface area contributed by atoms with Gasteiger partial charge in [-0.15, -0.1) is 12.1 Å². The SMILES string of the molecule is Cc1ccc(COc2[c-]ccc(F)c2)cc1.[Zn+][Br]. The molecule has 0 heterocycles. The Morgan fingerprint density at radius 2 is 1.89 bits per heavy atom. The second kappa shape index (κ2) is 8.39. The van der Waals surface area contributed by atoms with Crippen molar-refractivity contribution in [3.8, 4) is 5.75 Å². The molecule has 2 rings (SSSR count). The number of ether oxygens (including phenoxy) is 1. The van der Waals surface area contributed by atoms with Gasteiger partial charge in [0, 0.05) is 11.6 Å². The van der Waals surface area contributed by atoms with Gasteiger partial charge in [-0.3, -0.25) is 0 Å². The minimum atomic E-state index is -0.308. The summed E-state index contributed by atoms with van der Waals surface area (Å²) in [5.41, 5.74) is 2.27. The first-order valence-electron chi connectivity index (χ1n) is 5.36. The Bertz CT molecular complexity index is 473. The second-order valence-electron chi connectivity index (χ2n) is 3.65. The van der Waals surface area contributed by atoms with E-state index in [0.29, 0.717) is 12.4 Å². The topological polar surface area (TPSA) is 9.23 Å². The fourth-order valence-corrected chi connectivity index (χ4v) is 1.35. The summed E-state index contributed by atoms with van der Waals surface area (Å²) in [6.45, 7) is 2.46. The summed E-state index contributed by atoms with van der Waals surface area (Å²) < 4.78 is 18.3. The summed E-state index contributed by atoms with van der Waals surface area (Å²) in [6.07, 6.45) is 0. The van der Waals surface area contributed by atoms with Gasteiger partial charge < -0.3 is 4.74 Å². The van der Waals surface area contributed by atoms with E-state index in [1.807, 2.05) is 31.2 Å². The molecule has 0 atom stereocenters. The zero-order valence-corrected chi connectivity index (χ0v) is 14.7. The van der Waals surface area contributed by atoms with Gasteiger partial charge in [-0.05, 0) is 12.5 Å². The van der Waals surface area contributed by atoms with E-state index in [9.17, 15) is 4.39 Å². The summed E-state index contributed by atoms with van der Waals surface area (Å²) in [6, 6.07) is 15.0. The second-order valence-corrected chi connectivity index (χ2v) is 3.65. The maximum atomic E-state index is 12.8. The van der Waals surface area contributed by atoms with Crippen LogP contribution < -0.4 is 4.74 Å². The molecule has 2 aromatic rings. The van der Waals surface area contributed by atoms with E-state index in [-0.39, 0.29) is 5.82 Å². The number of rotatable bonds is 3. The van der Waals surface area contributed by atoms with Crippen LogP contribution in [-0.4, -0.2) is 0 Å². The molecule has 0 aromatic heterocycles. The van der Waals surface area contributed by atoms with Gasteiger partial charge in [-0.2, -0.15) is 6.07 Å². The van der Waals surface area contributed by atoms with Crippen LogP contribution in [0.1, 0.15) is 11.1 Å². The van der Waals surface area contributed by atoms with E-state index in [1.54, 1.807) is 0 Å². The van der Waals surface area contributed by atoms with Crippen LogP contribution in [0.25, 0.3) is 0 Å². The Kier molecular flexibility index (Phi) is 7.14. The van der Waals surface area contributed by atoms with Gasteiger partial charge in [0.05, 0.1) is 0 Å². The van der Waals surface area contributed by atoms with Gasteiger partial charge in [0.15, 0.2) is 0 Å². The molecule has 0 N–H and O–H groups in total. The Morgan fingerprint density at radius 1 is 1.22 bits per heavy atom. The van der Waals surface area contributed by atoms with Crippen LogP contribution in [0.3, 0.4) is 0 Å². The van der Waals surface area contributed by atoms with Crippen molar-refractivity contribution in [3.05, 3.63) is 65.5 Å². The molecule has 0 radical (unpaired) electrons. The average Bonchev–Trinajstić information content (AvgIpc) is 2.41. The molecule has 0 aliphatic carbocycles. The van der Waals surface area contributed by atoms with Gasteiger partial charge >= 0.3 is 30.0 Å². The quantitative estimate of drug-likeness (QED) is 0.584. The van der Waals surface area contributed by atoms with Crippen molar-refractivity contribution in [2.45, 2.75) is 13.5 Å². The van der Waals surface area contributed by atoms with E-state index >= 15 is 0 Å². The molecular formula is C14H12BrFOZn. The molecule has 90 valence electrons. The van der Waals surface area contributed by atoms with Crippen LogP contribution in [-0.2, 0) is 22.9 Å². The van der Waals surface area contributed by atoms with Crippen molar-refractivity contribution < 1.29 is 25.5 Å². The Labute approximate surface area is 123 Å². The monoisotopic (exact) mass is 358 g/mol. The molecule has 2 aromatic carbocycles. The molecular weight excluding hydrogens is 348 g/mol. The van der Waals surface area contributed by atoms with Crippen molar-refractivity contribution >= 4 is 13.6 Å². The molecule has 0 saturated carbocycles. The Hall–Kier alpha value is -0.727. The molecule has 0 aliphatic rings. The molecule has 0 amide bonds. The van der Waals surface area contributed by atoms with E-state index < -0.39 is 0 Å². The number of halogens is 2. The number of benzene rings is 2. The van der Waals surface area contributed by atoms with Gasteiger partial charge in [-0.1, -0.05) is 35.9 Å². The molecule has 1 nitrogen and oxygen atoms in total. The van der Waals surface area contributed by atoms with Crippen molar-refractivity contribution in [2.75, 3.05) is 0 Å².